The van der Waals surface area contributed by atoms with Crippen LogP contribution in [-0.4, -0.2) is 21.6 Å². The molecule has 0 saturated carbocycles. The number of aliphatic imine (C=N–C) groups is 2. The first-order valence-corrected chi connectivity index (χ1v) is 10.1. The molecular weight excluding hydrogens is 370 g/mol. The average Bonchev–Trinajstić information content (AvgIpc) is 2.80. The number of nitrogens with one attached hydrogen (secondary N) is 1. The molecule has 146 valence electrons. The van der Waals surface area contributed by atoms with E-state index in [1.54, 1.807) is 6.20 Å². The number of fused-ring (bicyclic) bond motifs is 2. The fraction of sp³-hybridized carbons (Fsp3) is 0.120. The SMILES string of the molecule is CCC1=CCC(Nc2ccnc3ccccc23)=NC1=Nc1ccnc2ccccc12. The highest BCUT2D eigenvalue weighted by Crippen LogP contribution is 2.27. The van der Waals surface area contributed by atoms with Crippen molar-refractivity contribution >= 4 is 44.9 Å². The lowest BCUT2D eigenvalue weighted by atomic mass is 10.1. The van der Waals surface area contributed by atoms with Gasteiger partial charge in [-0.1, -0.05) is 49.4 Å². The van der Waals surface area contributed by atoms with Crippen LogP contribution < -0.4 is 5.32 Å². The molecule has 0 aliphatic carbocycles. The van der Waals surface area contributed by atoms with E-state index in [1.165, 1.54) is 0 Å². The zero-order valence-corrected chi connectivity index (χ0v) is 16.7. The second-order valence-electron chi connectivity index (χ2n) is 7.13. The smallest absolute Gasteiger partial charge is 0.157 e. The predicted molar refractivity (Wildman–Crippen MR) is 125 cm³/mol. The Morgan fingerprint density at radius 1 is 0.867 bits per heavy atom. The Kier molecular flexibility index (Phi) is 4.77. The number of benzene rings is 2. The number of hydrogen-bond acceptors (Lipinski definition) is 4. The van der Waals surface area contributed by atoms with Crippen LogP contribution in [0.4, 0.5) is 11.4 Å². The Hall–Kier alpha value is -3.86. The minimum atomic E-state index is 0.746. The zero-order valence-electron chi connectivity index (χ0n) is 16.7. The number of para-hydroxylation sites is 2. The Balaban J connectivity index is 1.54. The van der Waals surface area contributed by atoms with Crippen LogP contribution in [0.15, 0.2) is 94.7 Å². The Labute approximate surface area is 174 Å². The van der Waals surface area contributed by atoms with E-state index in [9.17, 15) is 0 Å². The van der Waals surface area contributed by atoms with Crippen molar-refractivity contribution in [1.29, 1.82) is 0 Å². The summed E-state index contributed by atoms with van der Waals surface area (Å²) in [7, 11) is 0. The van der Waals surface area contributed by atoms with Gasteiger partial charge in [0.2, 0.25) is 0 Å². The molecule has 2 aromatic heterocycles. The van der Waals surface area contributed by atoms with Crippen LogP contribution in [0.2, 0.25) is 0 Å². The van der Waals surface area contributed by atoms with Gasteiger partial charge >= 0.3 is 0 Å². The lowest BCUT2D eigenvalue weighted by Crippen LogP contribution is -2.19. The second-order valence-corrected chi connectivity index (χ2v) is 7.13. The van der Waals surface area contributed by atoms with Crippen LogP contribution in [0, 0.1) is 0 Å². The third-order valence-corrected chi connectivity index (χ3v) is 5.23. The maximum absolute atomic E-state index is 4.92. The molecule has 1 aliphatic rings. The Bertz CT molecular complexity index is 1320. The van der Waals surface area contributed by atoms with Gasteiger partial charge in [0.05, 0.1) is 22.4 Å². The molecule has 0 saturated heterocycles. The third kappa shape index (κ3) is 3.46. The summed E-state index contributed by atoms with van der Waals surface area (Å²) in [5.41, 5.74) is 4.93. The average molecular weight is 391 g/mol. The van der Waals surface area contributed by atoms with Gasteiger partial charge in [0, 0.05) is 29.6 Å². The quantitative estimate of drug-likeness (QED) is 0.461. The van der Waals surface area contributed by atoms with E-state index in [2.05, 4.69) is 34.4 Å². The number of aromatic nitrogens is 2. The summed E-state index contributed by atoms with van der Waals surface area (Å²) in [6, 6.07) is 20.1. The predicted octanol–water partition coefficient (Wildman–Crippen LogP) is 6.06. The van der Waals surface area contributed by atoms with Crippen LogP contribution in [0.3, 0.4) is 0 Å². The summed E-state index contributed by atoms with van der Waals surface area (Å²) in [4.78, 5) is 18.7. The molecule has 0 bridgehead atoms. The number of hydrogen-bond donors (Lipinski definition) is 1. The fourth-order valence-electron chi connectivity index (χ4n) is 3.69. The van der Waals surface area contributed by atoms with Crippen molar-refractivity contribution in [3.05, 3.63) is 84.7 Å². The molecule has 0 unspecified atom stereocenters. The zero-order chi connectivity index (χ0) is 20.3. The molecule has 1 N–H and O–H groups in total. The molecule has 5 nitrogen and oxygen atoms in total. The fourth-order valence-corrected chi connectivity index (χ4v) is 3.69. The summed E-state index contributed by atoms with van der Waals surface area (Å²) in [6.07, 6.45) is 7.46. The van der Waals surface area contributed by atoms with E-state index in [-0.39, 0.29) is 0 Å². The normalized spacial score (nSPS) is 15.3. The Morgan fingerprint density at radius 2 is 1.57 bits per heavy atom. The highest BCUT2D eigenvalue weighted by atomic mass is 15.0. The standard InChI is InChI=1S/C25H21N5/c1-2-17-11-12-24(28-22-13-15-26-20-9-5-3-7-18(20)22)30-25(17)29-23-14-16-27-21-10-6-4-8-19(21)23/h3-11,13-16H,2,12H2,1H3,(H,26,27,28,29,30). The van der Waals surface area contributed by atoms with E-state index in [1.807, 2.05) is 60.8 Å². The summed E-state index contributed by atoms with van der Waals surface area (Å²) >= 11 is 0. The third-order valence-electron chi connectivity index (χ3n) is 5.23. The summed E-state index contributed by atoms with van der Waals surface area (Å²) < 4.78 is 0. The molecule has 4 aromatic rings. The number of anilines is 1. The lowest BCUT2D eigenvalue weighted by Gasteiger charge is -2.17. The number of nitrogens with zero attached hydrogens (tertiary/aromatic N) is 4. The monoisotopic (exact) mass is 391 g/mol. The summed E-state index contributed by atoms with van der Waals surface area (Å²) in [5, 5.41) is 5.60. The maximum atomic E-state index is 4.92. The maximum Gasteiger partial charge on any atom is 0.157 e. The molecule has 1 aliphatic heterocycles. The van der Waals surface area contributed by atoms with E-state index < -0.39 is 0 Å². The second kappa shape index (κ2) is 7.87. The van der Waals surface area contributed by atoms with Gasteiger partial charge in [0.15, 0.2) is 5.84 Å². The van der Waals surface area contributed by atoms with Crippen molar-refractivity contribution in [3.63, 3.8) is 0 Å². The highest BCUT2D eigenvalue weighted by molar-refractivity contribution is 6.15. The first-order chi connectivity index (χ1) is 14.8. The van der Waals surface area contributed by atoms with E-state index in [4.69, 9.17) is 9.98 Å². The van der Waals surface area contributed by atoms with Gasteiger partial charge in [-0.15, -0.1) is 0 Å². The van der Waals surface area contributed by atoms with Crippen molar-refractivity contribution in [3.8, 4) is 0 Å². The van der Waals surface area contributed by atoms with Crippen molar-refractivity contribution in [1.82, 2.24) is 9.97 Å². The van der Waals surface area contributed by atoms with Gasteiger partial charge in [0.1, 0.15) is 5.84 Å². The first-order valence-electron chi connectivity index (χ1n) is 10.1. The van der Waals surface area contributed by atoms with Gasteiger partial charge in [-0.25, -0.2) is 9.98 Å². The lowest BCUT2D eigenvalue weighted by molar-refractivity contribution is 1.12. The molecule has 0 radical (unpaired) electrons. The topological polar surface area (TPSA) is 62.5 Å². The summed E-state index contributed by atoms with van der Waals surface area (Å²) in [5.74, 6) is 1.63. The van der Waals surface area contributed by atoms with E-state index >= 15 is 0 Å². The van der Waals surface area contributed by atoms with Crippen molar-refractivity contribution in [2.45, 2.75) is 19.8 Å². The van der Waals surface area contributed by atoms with Crippen LogP contribution >= 0.6 is 0 Å². The molecule has 2 aromatic carbocycles. The molecule has 5 rings (SSSR count). The first kappa shape index (κ1) is 18.2. The Morgan fingerprint density at radius 3 is 2.37 bits per heavy atom. The number of rotatable bonds is 3. The van der Waals surface area contributed by atoms with Crippen LogP contribution in [-0.2, 0) is 0 Å². The van der Waals surface area contributed by atoms with Crippen LogP contribution in [0.5, 0.6) is 0 Å². The number of dihydropyridines is 1. The minimum Gasteiger partial charge on any atom is -0.343 e. The van der Waals surface area contributed by atoms with Gasteiger partial charge < -0.3 is 5.32 Å². The molecule has 5 heteroatoms. The van der Waals surface area contributed by atoms with Crippen molar-refractivity contribution < 1.29 is 0 Å². The van der Waals surface area contributed by atoms with Gasteiger partial charge in [0.25, 0.3) is 0 Å². The van der Waals surface area contributed by atoms with Crippen molar-refractivity contribution in [2.75, 3.05) is 5.32 Å². The number of pyridine rings is 2. The molecule has 0 spiro atoms. The molecule has 3 heterocycles. The van der Waals surface area contributed by atoms with E-state index in [0.29, 0.717) is 0 Å². The number of amidine groups is 2. The molecular formula is C25H21N5. The van der Waals surface area contributed by atoms with Gasteiger partial charge in [-0.3, -0.25) is 9.97 Å². The summed E-state index contributed by atoms with van der Waals surface area (Å²) in [6.45, 7) is 2.14. The van der Waals surface area contributed by atoms with Gasteiger partial charge in [-0.2, -0.15) is 0 Å². The molecule has 0 atom stereocenters. The van der Waals surface area contributed by atoms with Gasteiger partial charge in [-0.05, 0) is 36.3 Å². The van der Waals surface area contributed by atoms with Crippen LogP contribution in [0.25, 0.3) is 21.8 Å². The van der Waals surface area contributed by atoms with Crippen LogP contribution in [0.1, 0.15) is 19.8 Å². The molecule has 30 heavy (non-hydrogen) atoms. The molecule has 0 amide bonds. The minimum absolute atomic E-state index is 0.746. The largest absolute Gasteiger partial charge is 0.343 e. The van der Waals surface area contributed by atoms with Crippen molar-refractivity contribution in [2.24, 2.45) is 9.98 Å². The molecule has 0 fully saturated rings. The highest BCUT2D eigenvalue weighted by Gasteiger charge is 2.14. The van der Waals surface area contributed by atoms with E-state index in [0.717, 1.165) is 63.3 Å².